The first kappa shape index (κ1) is 17.6. The van der Waals surface area contributed by atoms with Crippen molar-refractivity contribution in [2.75, 3.05) is 6.79 Å². The molecule has 0 amide bonds. The van der Waals surface area contributed by atoms with E-state index >= 15 is 0 Å². The Labute approximate surface area is 146 Å². The molecule has 0 unspecified atom stereocenters. The average Bonchev–Trinajstić information content (AvgIpc) is 2.58. The highest BCUT2D eigenvalue weighted by molar-refractivity contribution is 6.30. The van der Waals surface area contributed by atoms with E-state index in [4.69, 9.17) is 25.8 Å². The van der Waals surface area contributed by atoms with Gasteiger partial charge in [0.05, 0.1) is 17.7 Å². The summed E-state index contributed by atoms with van der Waals surface area (Å²) in [6, 6.07) is 7.10. The second kappa shape index (κ2) is 6.93. The van der Waals surface area contributed by atoms with E-state index in [9.17, 15) is 18.0 Å². The second-order valence-electron chi connectivity index (χ2n) is 5.32. The van der Waals surface area contributed by atoms with Gasteiger partial charge in [-0.05, 0) is 36.4 Å². The molecule has 132 valence electrons. The number of rotatable bonds is 3. The summed E-state index contributed by atoms with van der Waals surface area (Å²) in [5.41, 5.74) is 0.486. The van der Waals surface area contributed by atoms with Crippen LogP contribution in [0.4, 0.5) is 13.2 Å². The maximum atomic E-state index is 12.5. The zero-order chi connectivity index (χ0) is 18.0. The fraction of sp³-hybridized carbons (Fsp3) is 0.235. The molecule has 0 fully saturated rings. The highest BCUT2D eigenvalue weighted by atomic mass is 35.5. The molecule has 1 aliphatic heterocycles. The number of hydrogen-bond donors (Lipinski definition) is 0. The van der Waals surface area contributed by atoms with Gasteiger partial charge in [0, 0.05) is 16.1 Å². The molecule has 2 aromatic rings. The van der Waals surface area contributed by atoms with E-state index < -0.39 is 17.7 Å². The summed E-state index contributed by atoms with van der Waals surface area (Å²) < 4.78 is 53.3. The number of hydrogen-bond acceptors (Lipinski definition) is 4. The van der Waals surface area contributed by atoms with Gasteiger partial charge in [0.2, 0.25) is 0 Å². The van der Waals surface area contributed by atoms with Crippen LogP contribution < -0.4 is 4.74 Å². The average molecular weight is 373 g/mol. The Bertz CT molecular complexity index is 788. The van der Waals surface area contributed by atoms with Gasteiger partial charge in [-0.1, -0.05) is 11.6 Å². The van der Waals surface area contributed by atoms with Gasteiger partial charge in [-0.2, -0.15) is 13.2 Å². The van der Waals surface area contributed by atoms with E-state index in [1.165, 1.54) is 0 Å². The number of halogens is 4. The topological polar surface area (TPSA) is 44.8 Å². The van der Waals surface area contributed by atoms with Gasteiger partial charge in [0.25, 0.3) is 0 Å². The molecule has 0 saturated heterocycles. The molecule has 8 heteroatoms. The number of ether oxygens (including phenoxy) is 3. The van der Waals surface area contributed by atoms with Crippen LogP contribution in [0.1, 0.15) is 27.0 Å². The monoisotopic (exact) mass is 372 g/mol. The molecular weight excluding hydrogens is 361 g/mol. The lowest BCUT2D eigenvalue weighted by molar-refractivity contribution is -0.137. The minimum absolute atomic E-state index is 0.0214. The third kappa shape index (κ3) is 4.05. The van der Waals surface area contributed by atoms with Crippen molar-refractivity contribution in [3.05, 3.63) is 63.7 Å². The number of fused-ring (bicyclic) bond motifs is 1. The van der Waals surface area contributed by atoms with Gasteiger partial charge >= 0.3 is 12.1 Å². The maximum absolute atomic E-state index is 12.5. The molecule has 0 radical (unpaired) electrons. The van der Waals surface area contributed by atoms with E-state index in [1.54, 1.807) is 12.1 Å². The third-order valence-corrected chi connectivity index (χ3v) is 3.78. The van der Waals surface area contributed by atoms with Crippen LogP contribution in [0, 0.1) is 0 Å². The standard InChI is InChI=1S/C17H12ClF3O4/c18-14-5-11-7-23-9-25-15(11)12(6-14)8-24-16(22)10-1-3-13(4-2-10)17(19,20)21/h1-6H,7-9H2. The van der Waals surface area contributed by atoms with Crippen LogP contribution in [0.15, 0.2) is 36.4 Å². The summed E-state index contributed by atoms with van der Waals surface area (Å²) >= 11 is 6.02. The van der Waals surface area contributed by atoms with Crippen molar-refractivity contribution in [1.82, 2.24) is 0 Å². The van der Waals surface area contributed by atoms with Gasteiger partial charge in [-0.15, -0.1) is 0 Å². The Morgan fingerprint density at radius 1 is 1.20 bits per heavy atom. The van der Waals surface area contributed by atoms with Crippen LogP contribution in [-0.2, 0) is 28.9 Å². The normalized spacial score (nSPS) is 13.8. The minimum Gasteiger partial charge on any atom is -0.467 e. The fourth-order valence-electron chi connectivity index (χ4n) is 2.39. The molecule has 0 atom stereocenters. The summed E-state index contributed by atoms with van der Waals surface area (Å²) in [6.07, 6.45) is -4.46. The van der Waals surface area contributed by atoms with Crippen LogP contribution in [0.2, 0.25) is 5.02 Å². The van der Waals surface area contributed by atoms with Crippen molar-refractivity contribution >= 4 is 17.6 Å². The first-order valence-electron chi connectivity index (χ1n) is 7.21. The summed E-state index contributed by atoms with van der Waals surface area (Å²) in [5, 5.41) is 0.438. The molecule has 1 heterocycles. The molecule has 0 aliphatic carbocycles. The van der Waals surface area contributed by atoms with Gasteiger partial charge in [0.1, 0.15) is 12.4 Å². The Morgan fingerprint density at radius 2 is 1.92 bits per heavy atom. The molecule has 0 aromatic heterocycles. The largest absolute Gasteiger partial charge is 0.467 e. The SMILES string of the molecule is O=C(OCc1cc(Cl)cc2c1OCOC2)c1ccc(C(F)(F)F)cc1. The first-order chi connectivity index (χ1) is 11.8. The zero-order valence-corrected chi connectivity index (χ0v) is 13.5. The smallest absolute Gasteiger partial charge is 0.416 e. The van der Waals surface area contributed by atoms with E-state index in [1.807, 2.05) is 0 Å². The van der Waals surface area contributed by atoms with Gasteiger partial charge in [-0.25, -0.2) is 4.79 Å². The molecule has 3 rings (SSSR count). The highest BCUT2D eigenvalue weighted by Crippen LogP contribution is 2.32. The van der Waals surface area contributed by atoms with Crippen molar-refractivity contribution in [1.29, 1.82) is 0 Å². The molecule has 0 N–H and O–H groups in total. The van der Waals surface area contributed by atoms with Gasteiger partial charge in [-0.3, -0.25) is 0 Å². The number of alkyl halides is 3. The van der Waals surface area contributed by atoms with Crippen molar-refractivity contribution < 1.29 is 32.2 Å². The summed E-state index contributed by atoms with van der Waals surface area (Å²) in [4.78, 5) is 12.0. The highest BCUT2D eigenvalue weighted by Gasteiger charge is 2.30. The molecule has 0 spiro atoms. The lowest BCUT2D eigenvalue weighted by Gasteiger charge is -2.21. The molecule has 25 heavy (non-hydrogen) atoms. The summed E-state index contributed by atoms with van der Waals surface area (Å²) in [6.45, 7) is 0.285. The van der Waals surface area contributed by atoms with Crippen LogP contribution in [-0.4, -0.2) is 12.8 Å². The van der Waals surface area contributed by atoms with Crippen molar-refractivity contribution in [3.8, 4) is 5.75 Å². The van der Waals surface area contributed by atoms with E-state index in [-0.39, 0.29) is 19.0 Å². The zero-order valence-electron chi connectivity index (χ0n) is 12.7. The predicted octanol–water partition coefficient (Wildman–Crippen LogP) is 4.58. The molecule has 1 aliphatic rings. The van der Waals surface area contributed by atoms with Crippen molar-refractivity contribution in [3.63, 3.8) is 0 Å². The van der Waals surface area contributed by atoms with Gasteiger partial charge < -0.3 is 14.2 Å². The van der Waals surface area contributed by atoms with Crippen LogP contribution >= 0.6 is 11.6 Å². The van der Waals surface area contributed by atoms with E-state index in [0.29, 0.717) is 22.9 Å². The van der Waals surface area contributed by atoms with Crippen LogP contribution in [0.5, 0.6) is 5.75 Å². The van der Waals surface area contributed by atoms with E-state index in [2.05, 4.69) is 0 Å². The lowest BCUT2D eigenvalue weighted by Crippen LogP contribution is -2.14. The Morgan fingerprint density at radius 3 is 2.60 bits per heavy atom. The van der Waals surface area contributed by atoms with Gasteiger partial charge in [0.15, 0.2) is 6.79 Å². The summed E-state index contributed by atoms with van der Waals surface area (Å²) in [5.74, 6) is -0.203. The van der Waals surface area contributed by atoms with E-state index in [0.717, 1.165) is 29.8 Å². The summed E-state index contributed by atoms with van der Waals surface area (Å²) in [7, 11) is 0. The molecule has 0 bridgehead atoms. The number of carbonyl (C=O) groups excluding carboxylic acids is 1. The van der Waals surface area contributed by atoms with Crippen LogP contribution in [0.25, 0.3) is 0 Å². The molecular formula is C17H12ClF3O4. The Kier molecular flexibility index (Phi) is 4.87. The maximum Gasteiger partial charge on any atom is 0.416 e. The number of benzene rings is 2. The molecule has 0 saturated carbocycles. The first-order valence-corrected chi connectivity index (χ1v) is 7.58. The molecule has 2 aromatic carbocycles. The minimum atomic E-state index is -4.46. The number of carbonyl (C=O) groups is 1. The fourth-order valence-corrected chi connectivity index (χ4v) is 2.65. The number of esters is 1. The third-order valence-electron chi connectivity index (χ3n) is 3.56. The quantitative estimate of drug-likeness (QED) is 0.740. The lowest BCUT2D eigenvalue weighted by atomic mass is 10.1. The second-order valence-corrected chi connectivity index (χ2v) is 5.75. The Hall–Kier alpha value is -2.25. The molecule has 4 nitrogen and oxygen atoms in total. The van der Waals surface area contributed by atoms with Crippen molar-refractivity contribution in [2.24, 2.45) is 0 Å². The van der Waals surface area contributed by atoms with Crippen molar-refractivity contribution in [2.45, 2.75) is 19.4 Å². The Balaban J connectivity index is 1.72. The van der Waals surface area contributed by atoms with Crippen LogP contribution in [0.3, 0.4) is 0 Å². The predicted molar refractivity (Wildman–Crippen MR) is 82.3 cm³/mol.